The first-order valence-electron chi connectivity index (χ1n) is 6.27. The van der Waals surface area contributed by atoms with Crippen LogP contribution in [-0.4, -0.2) is 27.8 Å². The zero-order valence-corrected chi connectivity index (χ0v) is 11.7. The Morgan fingerprint density at radius 2 is 2.00 bits per heavy atom. The predicted octanol–water partition coefficient (Wildman–Crippen LogP) is 1.95. The molecule has 4 heteroatoms. The molecule has 1 aromatic rings. The highest BCUT2D eigenvalue weighted by Gasteiger charge is 2.21. The van der Waals surface area contributed by atoms with E-state index in [1.807, 2.05) is 25.2 Å². The van der Waals surface area contributed by atoms with E-state index in [1.165, 1.54) is 0 Å². The fourth-order valence-electron chi connectivity index (χ4n) is 2.26. The molecule has 4 nitrogen and oxygen atoms in total. The first-order valence-corrected chi connectivity index (χ1v) is 6.27. The van der Waals surface area contributed by atoms with Gasteiger partial charge in [-0.3, -0.25) is 0 Å². The van der Waals surface area contributed by atoms with Crippen molar-refractivity contribution in [2.45, 2.75) is 19.4 Å². The van der Waals surface area contributed by atoms with Crippen LogP contribution in [0.3, 0.4) is 0 Å². The van der Waals surface area contributed by atoms with Crippen LogP contribution in [0, 0.1) is 5.92 Å². The summed E-state index contributed by atoms with van der Waals surface area (Å²) in [7, 11) is 5.31. The molecule has 18 heavy (non-hydrogen) atoms. The summed E-state index contributed by atoms with van der Waals surface area (Å²) in [4.78, 5) is 0. The lowest BCUT2D eigenvalue weighted by Crippen LogP contribution is -2.25. The molecule has 0 bridgehead atoms. The van der Waals surface area contributed by atoms with Crippen LogP contribution in [0.5, 0.6) is 11.5 Å². The number of hydrogen-bond acceptors (Lipinski definition) is 4. The summed E-state index contributed by atoms with van der Waals surface area (Å²) in [6.07, 6.45) is 0.964. The van der Waals surface area contributed by atoms with E-state index >= 15 is 0 Å². The third kappa shape index (κ3) is 3.37. The zero-order chi connectivity index (χ0) is 13.5. The van der Waals surface area contributed by atoms with Gasteiger partial charge in [-0.1, -0.05) is 6.92 Å². The van der Waals surface area contributed by atoms with Crippen LogP contribution in [-0.2, 0) is 0 Å². The summed E-state index contributed by atoms with van der Waals surface area (Å²) >= 11 is 0. The van der Waals surface area contributed by atoms with Gasteiger partial charge in [-0.15, -0.1) is 0 Å². The smallest absolute Gasteiger partial charge is 0.123 e. The summed E-state index contributed by atoms with van der Waals surface area (Å²) in [5.41, 5.74) is 6.75. The van der Waals surface area contributed by atoms with Gasteiger partial charge in [-0.25, -0.2) is 0 Å². The molecule has 0 amide bonds. The Labute approximate surface area is 109 Å². The number of methoxy groups -OCH3 is 2. The topological polar surface area (TPSA) is 56.5 Å². The maximum atomic E-state index is 5.64. The standard InChI is InChI=1S/C14H24N2O2/c1-10(7-8-15)14(16-2)12-9-11(17-3)5-6-13(12)18-4/h5-6,9-10,14,16H,7-8,15H2,1-4H3. The third-order valence-electron chi connectivity index (χ3n) is 3.27. The normalized spacial score (nSPS) is 14.1. The number of benzene rings is 1. The van der Waals surface area contributed by atoms with Gasteiger partial charge in [-0.2, -0.15) is 0 Å². The third-order valence-corrected chi connectivity index (χ3v) is 3.27. The molecule has 1 rings (SSSR count). The summed E-state index contributed by atoms with van der Waals surface area (Å²) < 4.78 is 10.7. The van der Waals surface area contributed by atoms with Gasteiger partial charge < -0.3 is 20.5 Å². The molecular formula is C14H24N2O2. The van der Waals surface area contributed by atoms with E-state index in [-0.39, 0.29) is 6.04 Å². The molecular weight excluding hydrogens is 228 g/mol. The number of nitrogens with one attached hydrogen (secondary N) is 1. The Hall–Kier alpha value is -1.26. The van der Waals surface area contributed by atoms with E-state index in [0.717, 1.165) is 23.5 Å². The molecule has 2 atom stereocenters. The molecule has 0 spiro atoms. The molecule has 0 aliphatic rings. The monoisotopic (exact) mass is 252 g/mol. The summed E-state index contributed by atoms with van der Waals surface area (Å²) in [5, 5.41) is 3.34. The quantitative estimate of drug-likeness (QED) is 0.779. The fraction of sp³-hybridized carbons (Fsp3) is 0.571. The van der Waals surface area contributed by atoms with Crippen LogP contribution < -0.4 is 20.5 Å². The van der Waals surface area contributed by atoms with E-state index in [9.17, 15) is 0 Å². The first kappa shape index (κ1) is 14.8. The van der Waals surface area contributed by atoms with E-state index < -0.39 is 0 Å². The number of hydrogen-bond donors (Lipinski definition) is 2. The van der Waals surface area contributed by atoms with E-state index in [1.54, 1.807) is 14.2 Å². The molecule has 0 radical (unpaired) electrons. The van der Waals surface area contributed by atoms with Gasteiger partial charge in [0.1, 0.15) is 11.5 Å². The molecule has 0 aliphatic heterocycles. The van der Waals surface area contributed by atoms with Crippen molar-refractivity contribution in [3.8, 4) is 11.5 Å². The largest absolute Gasteiger partial charge is 0.497 e. The minimum Gasteiger partial charge on any atom is -0.497 e. The van der Waals surface area contributed by atoms with E-state index in [0.29, 0.717) is 12.5 Å². The van der Waals surface area contributed by atoms with Gasteiger partial charge in [0, 0.05) is 11.6 Å². The Kier molecular flexibility index (Phi) is 5.95. The van der Waals surface area contributed by atoms with Gasteiger partial charge in [0.15, 0.2) is 0 Å². The molecule has 3 N–H and O–H groups in total. The van der Waals surface area contributed by atoms with Crippen molar-refractivity contribution < 1.29 is 9.47 Å². The second kappa shape index (κ2) is 7.24. The van der Waals surface area contributed by atoms with Crippen molar-refractivity contribution in [2.75, 3.05) is 27.8 Å². The van der Waals surface area contributed by atoms with Crippen molar-refractivity contribution in [1.29, 1.82) is 0 Å². The van der Waals surface area contributed by atoms with Gasteiger partial charge in [0.05, 0.1) is 14.2 Å². The van der Waals surface area contributed by atoms with Crippen molar-refractivity contribution in [3.63, 3.8) is 0 Å². The molecule has 0 aromatic heterocycles. The average Bonchev–Trinajstić information content (AvgIpc) is 2.39. The van der Waals surface area contributed by atoms with Crippen LogP contribution >= 0.6 is 0 Å². The average molecular weight is 252 g/mol. The number of rotatable bonds is 7. The van der Waals surface area contributed by atoms with Crippen molar-refractivity contribution in [1.82, 2.24) is 5.32 Å². The predicted molar refractivity (Wildman–Crippen MR) is 74.2 cm³/mol. The summed E-state index contributed by atoms with van der Waals surface area (Å²) in [6, 6.07) is 6.07. The lowest BCUT2D eigenvalue weighted by atomic mass is 9.91. The minimum atomic E-state index is 0.207. The highest BCUT2D eigenvalue weighted by Crippen LogP contribution is 2.33. The van der Waals surface area contributed by atoms with Crippen molar-refractivity contribution in [2.24, 2.45) is 11.7 Å². The van der Waals surface area contributed by atoms with Crippen LogP contribution in [0.4, 0.5) is 0 Å². The summed E-state index contributed by atoms with van der Waals surface area (Å²) in [6.45, 7) is 2.87. The van der Waals surface area contributed by atoms with Crippen LogP contribution in [0.2, 0.25) is 0 Å². The van der Waals surface area contributed by atoms with Gasteiger partial charge in [0.25, 0.3) is 0 Å². The molecule has 1 aromatic carbocycles. The molecule has 0 aliphatic carbocycles. The van der Waals surface area contributed by atoms with Crippen molar-refractivity contribution in [3.05, 3.63) is 23.8 Å². The van der Waals surface area contributed by atoms with E-state index in [4.69, 9.17) is 15.2 Å². The molecule has 0 fully saturated rings. The molecule has 0 heterocycles. The van der Waals surface area contributed by atoms with Crippen LogP contribution in [0.1, 0.15) is 24.9 Å². The number of ether oxygens (including phenoxy) is 2. The Morgan fingerprint density at radius 3 is 2.50 bits per heavy atom. The second-order valence-corrected chi connectivity index (χ2v) is 4.43. The first-order chi connectivity index (χ1) is 8.67. The maximum absolute atomic E-state index is 5.64. The maximum Gasteiger partial charge on any atom is 0.123 e. The molecule has 0 saturated carbocycles. The Bertz CT molecular complexity index is 369. The lowest BCUT2D eigenvalue weighted by Gasteiger charge is -2.25. The van der Waals surface area contributed by atoms with Gasteiger partial charge in [-0.05, 0) is 44.1 Å². The number of nitrogens with two attached hydrogens (primary N) is 1. The van der Waals surface area contributed by atoms with Crippen LogP contribution in [0.15, 0.2) is 18.2 Å². The van der Waals surface area contributed by atoms with Gasteiger partial charge >= 0.3 is 0 Å². The zero-order valence-electron chi connectivity index (χ0n) is 11.7. The van der Waals surface area contributed by atoms with Crippen molar-refractivity contribution >= 4 is 0 Å². The molecule has 2 unspecified atom stereocenters. The SMILES string of the molecule is CNC(c1cc(OC)ccc1OC)C(C)CCN. The lowest BCUT2D eigenvalue weighted by molar-refractivity contribution is 0.356. The highest BCUT2D eigenvalue weighted by atomic mass is 16.5. The highest BCUT2D eigenvalue weighted by molar-refractivity contribution is 5.42. The molecule has 102 valence electrons. The second-order valence-electron chi connectivity index (χ2n) is 4.43. The van der Waals surface area contributed by atoms with Gasteiger partial charge in [0.2, 0.25) is 0 Å². The fourth-order valence-corrected chi connectivity index (χ4v) is 2.26. The minimum absolute atomic E-state index is 0.207. The Morgan fingerprint density at radius 1 is 1.28 bits per heavy atom. The molecule has 0 saturated heterocycles. The van der Waals surface area contributed by atoms with E-state index in [2.05, 4.69) is 12.2 Å². The van der Waals surface area contributed by atoms with Crippen LogP contribution in [0.25, 0.3) is 0 Å². The summed E-state index contributed by atoms with van der Waals surface area (Å²) in [5.74, 6) is 2.14. The Balaban J connectivity index is 3.09.